The summed E-state index contributed by atoms with van der Waals surface area (Å²) in [5.74, 6) is 0.810. The first-order valence-electron chi connectivity index (χ1n) is 9.01. The molecule has 0 spiro atoms. The SMILES string of the molecule is CSc1ccc(OC(C)C(=O)N2CCN(Cc3ccccc3)CC2)cc1. The molecule has 0 aromatic heterocycles. The van der Waals surface area contributed by atoms with Crippen molar-refractivity contribution in [1.82, 2.24) is 9.80 Å². The van der Waals surface area contributed by atoms with E-state index < -0.39 is 6.10 Å². The molecule has 26 heavy (non-hydrogen) atoms. The number of benzene rings is 2. The average Bonchev–Trinajstić information content (AvgIpc) is 2.69. The number of ether oxygens (including phenoxy) is 1. The topological polar surface area (TPSA) is 32.8 Å². The van der Waals surface area contributed by atoms with Gasteiger partial charge in [0.1, 0.15) is 5.75 Å². The molecule has 1 unspecified atom stereocenters. The van der Waals surface area contributed by atoms with E-state index in [0.29, 0.717) is 0 Å². The number of thioether (sulfide) groups is 1. The fraction of sp³-hybridized carbons (Fsp3) is 0.381. The molecule has 1 aliphatic heterocycles. The van der Waals surface area contributed by atoms with Crippen LogP contribution in [0, 0.1) is 0 Å². The summed E-state index contributed by atoms with van der Waals surface area (Å²) < 4.78 is 5.84. The molecule has 1 atom stereocenters. The third kappa shape index (κ3) is 5.02. The molecule has 1 saturated heterocycles. The van der Waals surface area contributed by atoms with E-state index in [0.717, 1.165) is 38.5 Å². The Morgan fingerprint density at radius 2 is 1.69 bits per heavy atom. The van der Waals surface area contributed by atoms with Crippen LogP contribution in [-0.2, 0) is 11.3 Å². The largest absolute Gasteiger partial charge is 0.481 e. The molecule has 2 aromatic rings. The highest BCUT2D eigenvalue weighted by atomic mass is 32.2. The lowest BCUT2D eigenvalue weighted by Gasteiger charge is -2.35. The lowest BCUT2D eigenvalue weighted by molar-refractivity contribution is -0.139. The Morgan fingerprint density at radius 3 is 2.31 bits per heavy atom. The van der Waals surface area contributed by atoms with Crippen molar-refractivity contribution in [2.24, 2.45) is 0 Å². The van der Waals surface area contributed by atoms with E-state index in [1.54, 1.807) is 11.8 Å². The zero-order valence-corrected chi connectivity index (χ0v) is 16.2. The number of rotatable bonds is 6. The Labute approximate surface area is 160 Å². The van der Waals surface area contributed by atoms with Gasteiger partial charge in [-0.05, 0) is 43.0 Å². The molecule has 0 aliphatic carbocycles. The second kappa shape index (κ2) is 9.10. The second-order valence-electron chi connectivity index (χ2n) is 6.52. The van der Waals surface area contributed by atoms with Crippen LogP contribution in [0.25, 0.3) is 0 Å². The summed E-state index contributed by atoms with van der Waals surface area (Å²) in [6, 6.07) is 18.3. The zero-order chi connectivity index (χ0) is 18.4. The van der Waals surface area contributed by atoms with Crippen LogP contribution in [0.15, 0.2) is 59.5 Å². The third-order valence-corrected chi connectivity index (χ3v) is 5.40. The maximum Gasteiger partial charge on any atom is 0.263 e. The van der Waals surface area contributed by atoms with Gasteiger partial charge in [-0.25, -0.2) is 0 Å². The zero-order valence-electron chi connectivity index (χ0n) is 15.4. The first kappa shape index (κ1) is 18.8. The lowest BCUT2D eigenvalue weighted by atomic mass is 10.2. The maximum atomic E-state index is 12.7. The molecule has 1 amide bonds. The van der Waals surface area contributed by atoms with Crippen LogP contribution in [0.2, 0.25) is 0 Å². The van der Waals surface area contributed by atoms with E-state index in [4.69, 9.17) is 4.74 Å². The minimum Gasteiger partial charge on any atom is -0.481 e. The van der Waals surface area contributed by atoms with E-state index in [1.165, 1.54) is 10.5 Å². The minimum atomic E-state index is -0.462. The van der Waals surface area contributed by atoms with E-state index in [2.05, 4.69) is 29.2 Å². The molecule has 5 heteroatoms. The number of hydrogen-bond donors (Lipinski definition) is 0. The van der Waals surface area contributed by atoms with Crippen LogP contribution in [0.5, 0.6) is 5.75 Å². The van der Waals surface area contributed by atoms with Crippen LogP contribution >= 0.6 is 11.8 Å². The van der Waals surface area contributed by atoms with Gasteiger partial charge in [0, 0.05) is 37.6 Å². The average molecular weight is 371 g/mol. The van der Waals surface area contributed by atoms with Crippen LogP contribution in [0.4, 0.5) is 0 Å². The summed E-state index contributed by atoms with van der Waals surface area (Å²) in [5, 5.41) is 0. The van der Waals surface area contributed by atoms with E-state index >= 15 is 0 Å². The fourth-order valence-corrected chi connectivity index (χ4v) is 3.54. The quantitative estimate of drug-likeness (QED) is 0.729. The molecular formula is C21H26N2O2S. The van der Waals surface area contributed by atoms with Crippen molar-refractivity contribution in [3.8, 4) is 5.75 Å². The van der Waals surface area contributed by atoms with Crippen LogP contribution in [0.3, 0.4) is 0 Å². The Hall–Kier alpha value is -1.98. The van der Waals surface area contributed by atoms with Gasteiger partial charge in [0.2, 0.25) is 0 Å². The van der Waals surface area contributed by atoms with Crippen LogP contribution in [-0.4, -0.2) is 54.2 Å². The number of nitrogens with zero attached hydrogens (tertiary/aromatic N) is 2. The van der Waals surface area contributed by atoms with E-state index in [9.17, 15) is 4.79 Å². The molecule has 2 aromatic carbocycles. The molecule has 0 radical (unpaired) electrons. The molecule has 1 aliphatic rings. The standard InChI is InChI=1S/C21H26N2O2S/c1-17(25-19-8-10-20(26-2)11-9-19)21(24)23-14-12-22(13-15-23)16-18-6-4-3-5-7-18/h3-11,17H,12-16H2,1-2H3. The number of amides is 1. The van der Waals surface area contributed by atoms with Gasteiger partial charge in [0.05, 0.1) is 0 Å². The maximum absolute atomic E-state index is 12.7. The van der Waals surface area contributed by atoms with Crippen molar-refractivity contribution in [1.29, 1.82) is 0 Å². The Kier molecular flexibility index (Phi) is 6.58. The first-order chi connectivity index (χ1) is 12.7. The van der Waals surface area contributed by atoms with Gasteiger partial charge in [-0.2, -0.15) is 0 Å². The number of hydrogen-bond acceptors (Lipinski definition) is 4. The Bertz CT molecular complexity index is 698. The van der Waals surface area contributed by atoms with Crippen LogP contribution < -0.4 is 4.74 Å². The summed E-state index contributed by atoms with van der Waals surface area (Å²) >= 11 is 1.69. The molecule has 1 fully saturated rings. The summed E-state index contributed by atoms with van der Waals surface area (Å²) in [6.45, 7) is 6.08. The summed E-state index contributed by atoms with van der Waals surface area (Å²) in [4.78, 5) is 18.2. The molecule has 0 saturated carbocycles. The molecule has 0 bridgehead atoms. The third-order valence-electron chi connectivity index (χ3n) is 4.65. The number of carbonyl (C=O) groups is 1. The van der Waals surface area contributed by atoms with E-state index in [1.807, 2.05) is 48.4 Å². The highest BCUT2D eigenvalue weighted by Crippen LogP contribution is 2.20. The minimum absolute atomic E-state index is 0.0679. The van der Waals surface area contributed by atoms with E-state index in [-0.39, 0.29) is 5.91 Å². The predicted octanol–water partition coefficient (Wildman–Crippen LogP) is 3.52. The van der Waals surface area contributed by atoms with Gasteiger partial charge in [0.25, 0.3) is 5.91 Å². The Balaban J connectivity index is 1.47. The van der Waals surface area contributed by atoms with Crippen LogP contribution in [0.1, 0.15) is 12.5 Å². The van der Waals surface area contributed by atoms with Crippen molar-refractivity contribution < 1.29 is 9.53 Å². The number of piperazine rings is 1. The Morgan fingerprint density at radius 1 is 1.04 bits per heavy atom. The monoisotopic (exact) mass is 370 g/mol. The highest BCUT2D eigenvalue weighted by molar-refractivity contribution is 7.98. The van der Waals surface area contributed by atoms with Gasteiger partial charge < -0.3 is 9.64 Å². The summed E-state index contributed by atoms with van der Waals surface area (Å²) in [6.07, 6.45) is 1.58. The van der Waals surface area contributed by atoms with Gasteiger partial charge in [-0.3, -0.25) is 9.69 Å². The highest BCUT2D eigenvalue weighted by Gasteiger charge is 2.26. The van der Waals surface area contributed by atoms with Crippen molar-refractivity contribution >= 4 is 17.7 Å². The van der Waals surface area contributed by atoms with Gasteiger partial charge in [-0.15, -0.1) is 11.8 Å². The molecular weight excluding hydrogens is 344 g/mol. The lowest BCUT2D eigenvalue weighted by Crippen LogP contribution is -2.51. The predicted molar refractivity (Wildman–Crippen MR) is 107 cm³/mol. The molecule has 0 N–H and O–H groups in total. The molecule has 1 heterocycles. The van der Waals surface area contributed by atoms with Gasteiger partial charge in [-0.1, -0.05) is 30.3 Å². The fourth-order valence-electron chi connectivity index (χ4n) is 3.13. The molecule has 3 rings (SSSR count). The van der Waals surface area contributed by atoms with Crippen molar-refractivity contribution in [2.45, 2.75) is 24.5 Å². The second-order valence-corrected chi connectivity index (χ2v) is 7.40. The smallest absolute Gasteiger partial charge is 0.263 e. The normalized spacial score (nSPS) is 16.3. The van der Waals surface area contributed by atoms with Crippen molar-refractivity contribution in [3.63, 3.8) is 0 Å². The molecule has 4 nitrogen and oxygen atoms in total. The summed E-state index contributed by atoms with van der Waals surface area (Å²) in [7, 11) is 0. The summed E-state index contributed by atoms with van der Waals surface area (Å²) in [5.41, 5.74) is 1.32. The van der Waals surface area contributed by atoms with Gasteiger partial charge in [0.15, 0.2) is 6.10 Å². The van der Waals surface area contributed by atoms with Gasteiger partial charge >= 0.3 is 0 Å². The first-order valence-corrected chi connectivity index (χ1v) is 10.2. The molecule has 138 valence electrons. The van der Waals surface area contributed by atoms with Crippen molar-refractivity contribution in [2.75, 3.05) is 32.4 Å². The number of carbonyl (C=O) groups excluding carboxylic acids is 1. The van der Waals surface area contributed by atoms with Crippen molar-refractivity contribution in [3.05, 3.63) is 60.2 Å².